The zero-order valence-corrected chi connectivity index (χ0v) is 31.0. The van der Waals surface area contributed by atoms with Crippen LogP contribution in [-0.4, -0.2) is 65.1 Å². The van der Waals surface area contributed by atoms with E-state index in [-0.39, 0.29) is 16.5 Å². The summed E-state index contributed by atoms with van der Waals surface area (Å²) >= 11 is 1.20. The van der Waals surface area contributed by atoms with Gasteiger partial charge in [0.1, 0.15) is 27.5 Å². The number of hydrogen-bond acceptors (Lipinski definition) is 10. The Hall–Kier alpha value is -4.67. The molecule has 0 saturated heterocycles. The van der Waals surface area contributed by atoms with Gasteiger partial charge in [-0.15, -0.1) is 11.3 Å². The van der Waals surface area contributed by atoms with Gasteiger partial charge in [-0.25, -0.2) is 4.98 Å². The summed E-state index contributed by atoms with van der Waals surface area (Å²) in [5.74, 6) is -0.781. The number of nitrogens with one attached hydrogen (secondary N) is 2. The van der Waals surface area contributed by atoms with Crippen LogP contribution >= 0.6 is 11.3 Å². The lowest BCUT2D eigenvalue weighted by molar-refractivity contribution is 0.0993. The fourth-order valence-electron chi connectivity index (χ4n) is 4.73. The molecule has 0 atom stereocenters. The molecule has 0 aliphatic heterocycles. The molecule has 0 radical (unpaired) electrons. The molecule has 4 aromatic rings. The summed E-state index contributed by atoms with van der Waals surface area (Å²) in [6, 6.07) is 6.42. The number of allylic oxidation sites excluding steroid dienone is 1. The molecule has 1 aromatic carbocycles. The molecule has 0 spiro atoms. The molecule has 49 heavy (non-hydrogen) atoms. The number of aryl methyl sites for hydroxylation is 2. The standard InChI is InChI=1S/C33H47N9O5SSi/c1-8-42-24(16-20(2)40-42)30(45)39-32-38-23-19-26(29(36)44)48-31(23)41(32)13-10-9-12-37-27-22(34)17-21(28(35)43)18-25(27)46-14-11-15-47-49(6,7)33(3,4)5/h9-10,16-19,37H,8,11-15,34H2,1-7H3,(H2,35,43)(H2,36,44)(H,38,39,45)/b10-9+. The van der Waals surface area contributed by atoms with Crippen LogP contribution in [-0.2, 0) is 17.5 Å². The third-order valence-electron chi connectivity index (χ3n) is 8.41. The second-order valence-corrected chi connectivity index (χ2v) is 19.0. The average Bonchev–Trinajstić information content (AvgIpc) is 3.69. The van der Waals surface area contributed by atoms with Crippen molar-refractivity contribution < 1.29 is 23.5 Å². The van der Waals surface area contributed by atoms with E-state index in [2.05, 4.69) is 54.6 Å². The van der Waals surface area contributed by atoms with Crippen molar-refractivity contribution in [3.05, 3.63) is 58.2 Å². The van der Waals surface area contributed by atoms with Gasteiger partial charge in [0.05, 0.1) is 22.9 Å². The molecule has 0 aliphatic carbocycles. The van der Waals surface area contributed by atoms with E-state index in [1.54, 1.807) is 27.4 Å². The number of carbonyl (C=O) groups excluding carboxylic acids is 3. The average molecular weight is 710 g/mol. The Morgan fingerprint density at radius 1 is 1.06 bits per heavy atom. The van der Waals surface area contributed by atoms with E-state index in [9.17, 15) is 14.4 Å². The molecule has 3 aromatic heterocycles. The van der Waals surface area contributed by atoms with E-state index < -0.39 is 20.1 Å². The molecule has 16 heteroatoms. The Bertz CT molecular complexity index is 1870. The molecule has 8 N–H and O–H groups in total. The van der Waals surface area contributed by atoms with Gasteiger partial charge in [0.15, 0.2) is 8.32 Å². The minimum Gasteiger partial charge on any atom is -0.491 e. The van der Waals surface area contributed by atoms with Crippen LogP contribution in [0.2, 0.25) is 18.1 Å². The number of imidazole rings is 1. The topological polar surface area (TPSA) is 207 Å². The van der Waals surface area contributed by atoms with Crippen LogP contribution in [0.3, 0.4) is 0 Å². The van der Waals surface area contributed by atoms with Crippen LogP contribution in [0.5, 0.6) is 5.75 Å². The molecule has 0 unspecified atom stereocenters. The van der Waals surface area contributed by atoms with Crippen molar-refractivity contribution in [2.75, 3.05) is 36.1 Å². The number of nitrogens with zero attached hydrogens (tertiary/aromatic N) is 4. The van der Waals surface area contributed by atoms with Crippen LogP contribution in [0, 0.1) is 6.92 Å². The van der Waals surface area contributed by atoms with Crippen LogP contribution in [0.25, 0.3) is 10.3 Å². The van der Waals surface area contributed by atoms with E-state index in [1.165, 1.54) is 17.4 Å². The first-order valence-corrected chi connectivity index (χ1v) is 19.8. The molecule has 3 amide bonds. The molecular weight excluding hydrogens is 663 g/mol. The smallest absolute Gasteiger partial charge is 0.276 e. The van der Waals surface area contributed by atoms with Crippen LogP contribution in [0.4, 0.5) is 17.3 Å². The van der Waals surface area contributed by atoms with Gasteiger partial charge in [0, 0.05) is 38.2 Å². The van der Waals surface area contributed by atoms with Gasteiger partial charge >= 0.3 is 0 Å². The largest absolute Gasteiger partial charge is 0.491 e. The zero-order valence-electron chi connectivity index (χ0n) is 29.2. The minimum absolute atomic E-state index is 0.108. The van der Waals surface area contributed by atoms with Gasteiger partial charge in [-0.05, 0) is 56.2 Å². The maximum absolute atomic E-state index is 13.2. The molecule has 0 bridgehead atoms. The molecule has 0 saturated carbocycles. The second-order valence-electron chi connectivity index (χ2n) is 13.1. The summed E-state index contributed by atoms with van der Waals surface area (Å²) < 4.78 is 15.7. The number of ether oxygens (including phenoxy) is 1. The van der Waals surface area contributed by atoms with Gasteiger partial charge in [-0.2, -0.15) is 5.10 Å². The summed E-state index contributed by atoms with van der Waals surface area (Å²) in [4.78, 5) is 42.6. The third kappa shape index (κ3) is 8.87. The van der Waals surface area contributed by atoms with E-state index in [4.69, 9.17) is 26.4 Å². The predicted octanol–water partition coefficient (Wildman–Crippen LogP) is 5.11. The number of aromatic nitrogens is 4. The number of hydrogen-bond donors (Lipinski definition) is 5. The quantitative estimate of drug-likeness (QED) is 0.0452. The SMILES string of the molecule is CCn1nc(C)cc1C(=O)Nc1nc2cc(C(N)=O)sc2n1C/C=C/CNc1c(N)cc(C(N)=O)cc1OCCCO[Si](C)(C)C(C)(C)C. The van der Waals surface area contributed by atoms with Gasteiger partial charge in [-0.3, -0.25) is 28.9 Å². The minimum atomic E-state index is -1.88. The Morgan fingerprint density at radius 3 is 2.45 bits per heavy atom. The Kier molecular flexibility index (Phi) is 11.6. The number of nitrogen functional groups attached to an aromatic ring is 1. The number of benzene rings is 1. The van der Waals surface area contributed by atoms with Crippen LogP contribution in [0.1, 0.15) is 70.3 Å². The third-order valence-corrected chi connectivity index (χ3v) is 14.1. The highest BCUT2D eigenvalue weighted by Gasteiger charge is 2.36. The van der Waals surface area contributed by atoms with Crippen molar-refractivity contribution in [1.29, 1.82) is 0 Å². The highest BCUT2D eigenvalue weighted by Crippen LogP contribution is 2.37. The lowest BCUT2D eigenvalue weighted by atomic mass is 10.1. The summed E-state index contributed by atoms with van der Waals surface area (Å²) in [5, 5.41) is 10.6. The highest BCUT2D eigenvalue weighted by molar-refractivity contribution is 7.20. The van der Waals surface area contributed by atoms with Gasteiger partial charge in [-0.1, -0.05) is 32.9 Å². The Morgan fingerprint density at radius 2 is 1.80 bits per heavy atom. The molecule has 0 fully saturated rings. The van der Waals surface area contributed by atoms with Crippen LogP contribution in [0.15, 0.2) is 36.4 Å². The fourth-order valence-corrected chi connectivity index (χ4v) is 6.78. The maximum Gasteiger partial charge on any atom is 0.276 e. The Balaban J connectivity index is 1.47. The van der Waals surface area contributed by atoms with Crippen molar-refractivity contribution in [3.8, 4) is 5.75 Å². The normalized spacial score (nSPS) is 12.1. The number of rotatable bonds is 16. The number of nitrogens with two attached hydrogens (primary N) is 3. The van der Waals surface area contributed by atoms with Crippen molar-refractivity contribution >= 4 is 65.0 Å². The first kappa shape index (κ1) is 37.2. The van der Waals surface area contributed by atoms with Crippen molar-refractivity contribution in [1.82, 2.24) is 19.3 Å². The van der Waals surface area contributed by atoms with Crippen LogP contribution < -0.4 is 32.6 Å². The number of primary amides is 2. The fraction of sp³-hybridized carbons (Fsp3) is 0.424. The molecule has 3 heterocycles. The first-order chi connectivity index (χ1) is 23.0. The molecule has 14 nitrogen and oxygen atoms in total. The molecule has 0 aliphatic rings. The monoisotopic (exact) mass is 709 g/mol. The molecule has 264 valence electrons. The number of fused-ring (bicyclic) bond motifs is 1. The van der Waals surface area contributed by atoms with Crippen molar-refractivity contribution in [2.24, 2.45) is 11.5 Å². The van der Waals surface area contributed by atoms with E-state index in [1.807, 2.05) is 26.0 Å². The summed E-state index contributed by atoms with van der Waals surface area (Å²) in [6.07, 6.45) is 4.43. The van der Waals surface area contributed by atoms with E-state index >= 15 is 0 Å². The zero-order chi connectivity index (χ0) is 36.1. The predicted molar refractivity (Wildman–Crippen MR) is 197 cm³/mol. The molecule has 4 rings (SSSR count). The van der Waals surface area contributed by atoms with Crippen molar-refractivity contribution in [3.63, 3.8) is 0 Å². The number of thiophene rings is 1. The van der Waals surface area contributed by atoms with Gasteiger partial charge in [0.2, 0.25) is 11.9 Å². The van der Waals surface area contributed by atoms with Crippen molar-refractivity contribution in [2.45, 2.75) is 72.3 Å². The number of carbonyl (C=O) groups is 3. The number of anilines is 3. The molecular formula is C33H47N9O5SSi. The summed E-state index contributed by atoms with van der Waals surface area (Å²) in [5.41, 5.74) is 20.2. The van der Waals surface area contributed by atoms with E-state index in [0.717, 1.165) is 5.69 Å². The first-order valence-electron chi connectivity index (χ1n) is 16.1. The summed E-state index contributed by atoms with van der Waals surface area (Å²) in [7, 11) is -1.88. The van der Waals surface area contributed by atoms with Gasteiger partial charge < -0.3 is 31.7 Å². The lowest BCUT2D eigenvalue weighted by Crippen LogP contribution is -2.41. The maximum atomic E-state index is 13.2. The summed E-state index contributed by atoms with van der Waals surface area (Å²) in [6.45, 7) is 16.9. The number of amides is 3. The highest BCUT2D eigenvalue weighted by atomic mass is 32.1. The lowest BCUT2D eigenvalue weighted by Gasteiger charge is -2.36. The second kappa shape index (κ2) is 15.3. The van der Waals surface area contributed by atoms with E-state index in [0.29, 0.717) is 83.3 Å². The Labute approximate surface area is 291 Å². The van der Waals surface area contributed by atoms with Gasteiger partial charge in [0.25, 0.3) is 11.8 Å².